The van der Waals surface area contributed by atoms with Crippen molar-refractivity contribution in [1.29, 1.82) is 0 Å². The molecule has 0 aromatic heterocycles. The van der Waals surface area contributed by atoms with Crippen LogP contribution >= 0.6 is 0 Å². The van der Waals surface area contributed by atoms with Crippen molar-refractivity contribution in [1.82, 2.24) is 4.90 Å². The van der Waals surface area contributed by atoms with Crippen LogP contribution in [-0.4, -0.2) is 43.7 Å². The van der Waals surface area contributed by atoms with Gasteiger partial charge < -0.3 is 15.0 Å². The number of nitrogens with zero attached hydrogens (tertiary/aromatic N) is 1. The predicted octanol–water partition coefficient (Wildman–Crippen LogP) is 2.79. The largest absolute Gasteiger partial charge is 0.384 e. The summed E-state index contributed by atoms with van der Waals surface area (Å²) in [4.78, 5) is 14.3. The molecule has 1 fully saturated rings. The molecule has 4 heteroatoms. The summed E-state index contributed by atoms with van der Waals surface area (Å²) in [6, 6.07) is 14.5. The van der Waals surface area contributed by atoms with Crippen molar-refractivity contribution in [2.75, 3.05) is 38.2 Å². The second-order valence-electron chi connectivity index (χ2n) is 6.03. The molecule has 23 heavy (non-hydrogen) atoms. The van der Waals surface area contributed by atoms with Gasteiger partial charge in [0.1, 0.15) is 0 Å². The van der Waals surface area contributed by atoms with Crippen LogP contribution in [0.1, 0.15) is 15.9 Å². The number of benzene rings is 2. The van der Waals surface area contributed by atoms with E-state index in [0.717, 1.165) is 24.1 Å². The van der Waals surface area contributed by atoms with Crippen molar-refractivity contribution in [3.63, 3.8) is 0 Å². The maximum absolute atomic E-state index is 12.5. The van der Waals surface area contributed by atoms with E-state index in [0.29, 0.717) is 26.3 Å². The molecule has 0 aliphatic carbocycles. The summed E-state index contributed by atoms with van der Waals surface area (Å²) in [5.74, 6) is 0.0954. The van der Waals surface area contributed by atoms with Crippen LogP contribution in [0.2, 0.25) is 0 Å². The molecular weight excluding hydrogens is 288 g/mol. The van der Waals surface area contributed by atoms with Crippen LogP contribution in [0.3, 0.4) is 0 Å². The zero-order valence-electron chi connectivity index (χ0n) is 13.0. The minimum absolute atomic E-state index is 0.0954. The number of hydrogen-bond donors (Lipinski definition) is 1. The fraction of sp³-hybridized carbons (Fsp3) is 0.316. The van der Waals surface area contributed by atoms with Crippen LogP contribution in [-0.2, 0) is 11.2 Å². The summed E-state index contributed by atoms with van der Waals surface area (Å²) in [5.41, 5.74) is 5.72. The number of carbonyl (C=O) groups is 1. The molecule has 118 valence electrons. The van der Waals surface area contributed by atoms with Crippen molar-refractivity contribution < 1.29 is 9.53 Å². The van der Waals surface area contributed by atoms with Gasteiger partial charge in [0.05, 0.1) is 13.2 Å². The summed E-state index contributed by atoms with van der Waals surface area (Å²) in [7, 11) is 0. The highest BCUT2D eigenvalue weighted by Gasteiger charge is 2.18. The molecule has 1 amide bonds. The van der Waals surface area contributed by atoms with Gasteiger partial charge in [-0.05, 0) is 47.4 Å². The molecular formula is C19H20N2O2. The average molecular weight is 308 g/mol. The topological polar surface area (TPSA) is 41.6 Å². The van der Waals surface area contributed by atoms with Crippen LogP contribution in [0.4, 0.5) is 5.69 Å². The first kappa shape index (κ1) is 14.3. The average Bonchev–Trinajstić information content (AvgIpc) is 3.10. The first-order chi connectivity index (χ1) is 11.3. The monoisotopic (exact) mass is 308 g/mol. The SMILES string of the molecule is O=C(c1ccc(-c2ccc3c(c2)CCN3)cc1)N1CCOCC1. The number of rotatable bonds is 2. The van der Waals surface area contributed by atoms with Gasteiger partial charge in [-0.2, -0.15) is 0 Å². The Kier molecular flexibility index (Phi) is 3.75. The Hall–Kier alpha value is -2.33. The van der Waals surface area contributed by atoms with E-state index in [2.05, 4.69) is 23.5 Å². The van der Waals surface area contributed by atoms with Crippen molar-refractivity contribution in [3.8, 4) is 11.1 Å². The van der Waals surface area contributed by atoms with E-state index in [-0.39, 0.29) is 5.91 Å². The van der Waals surface area contributed by atoms with Gasteiger partial charge in [-0.15, -0.1) is 0 Å². The van der Waals surface area contributed by atoms with Gasteiger partial charge in [-0.3, -0.25) is 4.79 Å². The molecule has 0 saturated carbocycles. The summed E-state index contributed by atoms with van der Waals surface area (Å²) >= 11 is 0. The lowest BCUT2D eigenvalue weighted by Crippen LogP contribution is -2.40. The molecule has 0 bridgehead atoms. The Bertz CT molecular complexity index is 719. The van der Waals surface area contributed by atoms with Crippen molar-refractivity contribution >= 4 is 11.6 Å². The smallest absolute Gasteiger partial charge is 0.254 e. The number of anilines is 1. The maximum atomic E-state index is 12.5. The van der Waals surface area contributed by atoms with E-state index < -0.39 is 0 Å². The number of nitrogens with one attached hydrogen (secondary N) is 1. The third-order valence-electron chi connectivity index (χ3n) is 4.58. The molecule has 2 heterocycles. The van der Waals surface area contributed by atoms with Crippen LogP contribution in [0.25, 0.3) is 11.1 Å². The van der Waals surface area contributed by atoms with Crippen molar-refractivity contribution in [2.24, 2.45) is 0 Å². The Balaban J connectivity index is 1.54. The molecule has 4 rings (SSSR count). The van der Waals surface area contributed by atoms with Gasteiger partial charge in [0.25, 0.3) is 5.91 Å². The van der Waals surface area contributed by atoms with Gasteiger partial charge in [0.15, 0.2) is 0 Å². The number of carbonyl (C=O) groups excluding carboxylic acids is 1. The highest BCUT2D eigenvalue weighted by Crippen LogP contribution is 2.28. The van der Waals surface area contributed by atoms with E-state index in [1.165, 1.54) is 16.8 Å². The van der Waals surface area contributed by atoms with Gasteiger partial charge in [0.2, 0.25) is 0 Å². The lowest BCUT2D eigenvalue weighted by molar-refractivity contribution is 0.0303. The van der Waals surface area contributed by atoms with Crippen molar-refractivity contribution in [3.05, 3.63) is 53.6 Å². The number of fused-ring (bicyclic) bond motifs is 1. The second kappa shape index (κ2) is 6.05. The lowest BCUT2D eigenvalue weighted by atomic mass is 10.0. The highest BCUT2D eigenvalue weighted by molar-refractivity contribution is 5.94. The Morgan fingerprint density at radius 1 is 1.00 bits per heavy atom. The summed E-state index contributed by atoms with van der Waals surface area (Å²) in [6.07, 6.45) is 1.08. The van der Waals surface area contributed by atoms with E-state index in [9.17, 15) is 4.79 Å². The summed E-state index contributed by atoms with van der Waals surface area (Å²) in [6.45, 7) is 3.64. The number of ether oxygens (including phenoxy) is 1. The Morgan fingerprint density at radius 2 is 1.74 bits per heavy atom. The molecule has 0 radical (unpaired) electrons. The minimum Gasteiger partial charge on any atom is -0.384 e. The molecule has 2 aromatic rings. The van der Waals surface area contributed by atoms with Gasteiger partial charge in [0, 0.05) is 30.9 Å². The van der Waals surface area contributed by atoms with Crippen LogP contribution in [0.5, 0.6) is 0 Å². The number of amides is 1. The predicted molar refractivity (Wildman–Crippen MR) is 90.8 cm³/mol. The molecule has 2 aromatic carbocycles. The van der Waals surface area contributed by atoms with Crippen molar-refractivity contribution in [2.45, 2.75) is 6.42 Å². The minimum atomic E-state index is 0.0954. The molecule has 2 aliphatic rings. The van der Waals surface area contributed by atoms with Gasteiger partial charge >= 0.3 is 0 Å². The van der Waals surface area contributed by atoms with Gasteiger partial charge in [-0.1, -0.05) is 18.2 Å². The van der Waals surface area contributed by atoms with E-state index in [1.807, 2.05) is 29.2 Å². The zero-order chi connectivity index (χ0) is 15.6. The normalized spacial score (nSPS) is 16.8. The molecule has 0 spiro atoms. The molecule has 1 saturated heterocycles. The second-order valence-corrected chi connectivity index (χ2v) is 6.03. The first-order valence-electron chi connectivity index (χ1n) is 8.15. The van der Waals surface area contributed by atoms with E-state index >= 15 is 0 Å². The molecule has 1 N–H and O–H groups in total. The summed E-state index contributed by atoms with van der Waals surface area (Å²) < 4.78 is 5.30. The highest BCUT2D eigenvalue weighted by atomic mass is 16.5. The lowest BCUT2D eigenvalue weighted by Gasteiger charge is -2.26. The van der Waals surface area contributed by atoms with Crippen LogP contribution in [0.15, 0.2) is 42.5 Å². The molecule has 4 nitrogen and oxygen atoms in total. The van der Waals surface area contributed by atoms with E-state index in [1.54, 1.807) is 0 Å². The molecule has 0 atom stereocenters. The quantitative estimate of drug-likeness (QED) is 0.927. The van der Waals surface area contributed by atoms with Crippen LogP contribution in [0, 0.1) is 0 Å². The first-order valence-corrected chi connectivity index (χ1v) is 8.15. The third kappa shape index (κ3) is 2.82. The molecule has 2 aliphatic heterocycles. The third-order valence-corrected chi connectivity index (χ3v) is 4.58. The van der Waals surface area contributed by atoms with Crippen LogP contribution < -0.4 is 5.32 Å². The number of hydrogen-bond acceptors (Lipinski definition) is 3. The Morgan fingerprint density at radius 3 is 2.52 bits per heavy atom. The zero-order valence-corrected chi connectivity index (χ0v) is 13.0. The van der Waals surface area contributed by atoms with E-state index in [4.69, 9.17) is 4.74 Å². The van der Waals surface area contributed by atoms with Gasteiger partial charge in [-0.25, -0.2) is 0 Å². The summed E-state index contributed by atoms with van der Waals surface area (Å²) in [5, 5.41) is 3.38. The number of morpholine rings is 1. The maximum Gasteiger partial charge on any atom is 0.254 e. The molecule has 0 unspecified atom stereocenters. The Labute approximate surface area is 136 Å². The standard InChI is InChI=1S/C19H20N2O2/c22-19(21-9-11-23-12-10-21)15-3-1-14(2-4-15)16-5-6-18-17(13-16)7-8-20-18/h1-6,13,20H,7-12H2. The fourth-order valence-electron chi connectivity index (χ4n) is 3.24. The fourth-order valence-corrected chi connectivity index (χ4v) is 3.24.